The number of halogens is 1. The number of ether oxygens (including phenoxy) is 1. The van der Waals surface area contributed by atoms with E-state index in [4.69, 9.17) is 4.74 Å². The largest absolute Gasteiger partial charge is 0.496 e. The predicted molar refractivity (Wildman–Crippen MR) is 76.4 cm³/mol. The van der Waals surface area contributed by atoms with Crippen LogP contribution in [-0.4, -0.2) is 41.2 Å². The van der Waals surface area contributed by atoms with Crippen molar-refractivity contribution >= 4 is 21.8 Å². The number of carbonyl (C=O) groups excluding carboxylic acids is 1. The molecule has 0 spiro atoms. The molecule has 0 aliphatic carbocycles. The first-order valence-electron chi connectivity index (χ1n) is 6.21. The Morgan fingerprint density at radius 1 is 1.53 bits per heavy atom. The van der Waals surface area contributed by atoms with Gasteiger partial charge in [-0.2, -0.15) is 0 Å². The van der Waals surface area contributed by atoms with Gasteiger partial charge in [0.1, 0.15) is 5.75 Å². The summed E-state index contributed by atoms with van der Waals surface area (Å²) in [5, 5.41) is 9.97. The SMILES string of the molecule is COc1ccc(Br)cc1C(=O)N1CCC(O)C1(C)C. The molecular weight excluding hydrogens is 310 g/mol. The summed E-state index contributed by atoms with van der Waals surface area (Å²) in [6.45, 7) is 4.32. The minimum atomic E-state index is -0.551. The molecule has 1 fully saturated rings. The van der Waals surface area contributed by atoms with Crippen LogP contribution in [0, 0.1) is 0 Å². The molecule has 2 rings (SSSR count). The summed E-state index contributed by atoms with van der Waals surface area (Å²) in [4.78, 5) is 14.4. The van der Waals surface area contributed by atoms with Gasteiger partial charge in [-0.25, -0.2) is 0 Å². The number of benzene rings is 1. The van der Waals surface area contributed by atoms with Crippen molar-refractivity contribution in [2.45, 2.75) is 31.9 Å². The maximum Gasteiger partial charge on any atom is 0.258 e. The fourth-order valence-corrected chi connectivity index (χ4v) is 2.79. The first-order chi connectivity index (χ1) is 8.87. The average Bonchev–Trinajstić information content (AvgIpc) is 2.63. The van der Waals surface area contributed by atoms with Gasteiger partial charge in [-0.3, -0.25) is 4.79 Å². The Hall–Kier alpha value is -1.07. The Labute approximate surface area is 121 Å². The fraction of sp³-hybridized carbons (Fsp3) is 0.500. The summed E-state index contributed by atoms with van der Waals surface area (Å²) < 4.78 is 6.07. The maximum atomic E-state index is 12.7. The smallest absolute Gasteiger partial charge is 0.258 e. The van der Waals surface area contributed by atoms with Crippen molar-refractivity contribution in [3.8, 4) is 5.75 Å². The number of rotatable bonds is 2. The topological polar surface area (TPSA) is 49.8 Å². The van der Waals surface area contributed by atoms with Crippen molar-refractivity contribution in [1.82, 2.24) is 4.90 Å². The van der Waals surface area contributed by atoms with Crippen LogP contribution in [0.15, 0.2) is 22.7 Å². The molecule has 104 valence electrons. The van der Waals surface area contributed by atoms with Gasteiger partial charge in [0.05, 0.1) is 24.3 Å². The number of amides is 1. The molecule has 1 amide bonds. The van der Waals surface area contributed by atoms with Gasteiger partial charge in [0.25, 0.3) is 5.91 Å². The Bertz CT molecular complexity index is 501. The van der Waals surface area contributed by atoms with Crippen LogP contribution in [0.3, 0.4) is 0 Å². The monoisotopic (exact) mass is 327 g/mol. The number of aliphatic hydroxyl groups is 1. The van der Waals surface area contributed by atoms with Gasteiger partial charge in [0, 0.05) is 11.0 Å². The van der Waals surface area contributed by atoms with Gasteiger partial charge in [-0.05, 0) is 38.5 Å². The first kappa shape index (κ1) is 14.3. The van der Waals surface area contributed by atoms with E-state index in [-0.39, 0.29) is 5.91 Å². The van der Waals surface area contributed by atoms with E-state index in [1.165, 1.54) is 0 Å². The van der Waals surface area contributed by atoms with Gasteiger partial charge < -0.3 is 14.7 Å². The minimum Gasteiger partial charge on any atom is -0.496 e. The van der Waals surface area contributed by atoms with E-state index in [2.05, 4.69) is 15.9 Å². The van der Waals surface area contributed by atoms with E-state index >= 15 is 0 Å². The number of methoxy groups -OCH3 is 1. The number of likely N-dealkylation sites (tertiary alicyclic amines) is 1. The van der Waals surface area contributed by atoms with Gasteiger partial charge in [0.2, 0.25) is 0 Å². The summed E-state index contributed by atoms with van der Waals surface area (Å²) in [7, 11) is 1.55. The zero-order valence-corrected chi connectivity index (χ0v) is 12.9. The van der Waals surface area contributed by atoms with Crippen molar-refractivity contribution in [2.75, 3.05) is 13.7 Å². The van der Waals surface area contributed by atoms with Crippen LogP contribution < -0.4 is 4.74 Å². The standard InChI is InChI=1S/C14H18BrNO3/c1-14(2)12(17)6-7-16(14)13(18)10-8-9(15)4-5-11(10)19-3/h4-5,8,12,17H,6-7H2,1-3H3. The lowest BCUT2D eigenvalue weighted by Crippen LogP contribution is -2.48. The molecule has 0 saturated carbocycles. The van der Waals surface area contributed by atoms with E-state index < -0.39 is 11.6 Å². The third kappa shape index (κ3) is 2.49. The lowest BCUT2D eigenvalue weighted by atomic mass is 9.98. The van der Waals surface area contributed by atoms with Gasteiger partial charge in [-0.15, -0.1) is 0 Å². The second-order valence-corrected chi connectivity index (χ2v) is 6.18. The van der Waals surface area contributed by atoms with E-state index in [0.717, 1.165) is 4.47 Å². The molecule has 1 heterocycles. The van der Waals surface area contributed by atoms with E-state index in [9.17, 15) is 9.90 Å². The van der Waals surface area contributed by atoms with Crippen molar-refractivity contribution in [3.05, 3.63) is 28.2 Å². The molecule has 1 aromatic rings. The van der Waals surface area contributed by atoms with Gasteiger partial charge in [-0.1, -0.05) is 15.9 Å². The van der Waals surface area contributed by atoms with E-state index in [1.807, 2.05) is 19.9 Å². The maximum absolute atomic E-state index is 12.7. The van der Waals surface area contributed by atoms with Crippen LogP contribution in [-0.2, 0) is 0 Å². The van der Waals surface area contributed by atoms with Crippen LogP contribution in [0.4, 0.5) is 0 Å². The Kier molecular flexibility index (Phi) is 3.87. The van der Waals surface area contributed by atoms with Crippen LogP contribution in [0.1, 0.15) is 30.6 Å². The summed E-state index contributed by atoms with van der Waals surface area (Å²) in [5.74, 6) is 0.435. The lowest BCUT2D eigenvalue weighted by molar-refractivity contribution is 0.0392. The van der Waals surface area contributed by atoms with Gasteiger partial charge >= 0.3 is 0 Å². The first-order valence-corrected chi connectivity index (χ1v) is 7.01. The molecule has 1 aromatic carbocycles. The molecule has 1 aliphatic rings. The van der Waals surface area contributed by atoms with Gasteiger partial charge in [0.15, 0.2) is 0 Å². The van der Waals surface area contributed by atoms with Crippen molar-refractivity contribution < 1.29 is 14.6 Å². The minimum absolute atomic E-state index is 0.111. The zero-order chi connectivity index (χ0) is 14.2. The second kappa shape index (κ2) is 5.13. The number of carbonyl (C=O) groups is 1. The Balaban J connectivity index is 2.37. The van der Waals surface area contributed by atoms with Crippen LogP contribution in [0.25, 0.3) is 0 Å². The van der Waals surface area contributed by atoms with Crippen molar-refractivity contribution in [3.63, 3.8) is 0 Å². The highest BCUT2D eigenvalue weighted by Crippen LogP contribution is 2.33. The summed E-state index contributed by atoms with van der Waals surface area (Å²) in [6.07, 6.45) is 0.115. The van der Waals surface area contributed by atoms with Crippen LogP contribution in [0.5, 0.6) is 5.75 Å². The molecule has 1 atom stereocenters. The molecule has 1 aliphatic heterocycles. The quantitative estimate of drug-likeness (QED) is 0.907. The predicted octanol–water partition coefficient (Wildman–Crippen LogP) is 2.44. The fourth-order valence-electron chi connectivity index (χ4n) is 2.43. The molecule has 1 N–H and O–H groups in total. The van der Waals surface area contributed by atoms with Crippen molar-refractivity contribution in [1.29, 1.82) is 0 Å². The highest BCUT2D eigenvalue weighted by Gasteiger charge is 2.43. The molecule has 19 heavy (non-hydrogen) atoms. The molecule has 5 heteroatoms. The average molecular weight is 328 g/mol. The third-order valence-corrected chi connectivity index (χ3v) is 4.27. The molecule has 1 saturated heterocycles. The number of aliphatic hydroxyl groups excluding tert-OH is 1. The second-order valence-electron chi connectivity index (χ2n) is 5.26. The van der Waals surface area contributed by atoms with Crippen LogP contribution in [0.2, 0.25) is 0 Å². The third-order valence-electron chi connectivity index (χ3n) is 3.77. The highest BCUT2D eigenvalue weighted by atomic mass is 79.9. The zero-order valence-electron chi connectivity index (χ0n) is 11.3. The van der Waals surface area contributed by atoms with E-state index in [0.29, 0.717) is 24.3 Å². The summed E-state index contributed by atoms with van der Waals surface area (Å²) in [5.41, 5.74) is -0.0382. The molecule has 4 nitrogen and oxygen atoms in total. The lowest BCUT2D eigenvalue weighted by Gasteiger charge is -2.34. The molecular formula is C14H18BrNO3. The molecule has 0 aromatic heterocycles. The highest BCUT2D eigenvalue weighted by molar-refractivity contribution is 9.10. The Morgan fingerprint density at radius 2 is 2.21 bits per heavy atom. The molecule has 0 radical (unpaired) electrons. The number of hydrogen-bond acceptors (Lipinski definition) is 3. The van der Waals surface area contributed by atoms with Crippen molar-refractivity contribution in [2.24, 2.45) is 0 Å². The number of nitrogens with zero attached hydrogens (tertiary/aromatic N) is 1. The summed E-state index contributed by atoms with van der Waals surface area (Å²) >= 11 is 3.37. The number of hydrogen-bond donors (Lipinski definition) is 1. The van der Waals surface area contributed by atoms with E-state index in [1.54, 1.807) is 24.1 Å². The normalized spacial score (nSPS) is 21.5. The van der Waals surface area contributed by atoms with Crippen LogP contribution >= 0.6 is 15.9 Å². The Morgan fingerprint density at radius 3 is 2.74 bits per heavy atom. The summed E-state index contributed by atoms with van der Waals surface area (Å²) in [6, 6.07) is 5.35. The molecule has 0 bridgehead atoms. The molecule has 1 unspecified atom stereocenters.